The average Bonchev–Trinajstić information content (AvgIpc) is 2.54. The molecule has 1 aliphatic rings. The van der Waals surface area contributed by atoms with E-state index in [0.717, 1.165) is 25.7 Å². The van der Waals surface area contributed by atoms with Gasteiger partial charge in [0.1, 0.15) is 11.6 Å². The van der Waals surface area contributed by atoms with E-state index in [2.05, 4.69) is 10.6 Å². The lowest BCUT2D eigenvalue weighted by Crippen LogP contribution is -2.55. The predicted octanol–water partition coefficient (Wildman–Crippen LogP) is 2.83. The highest BCUT2D eigenvalue weighted by atomic mass is 16.6. The van der Waals surface area contributed by atoms with E-state index in [4.69, 9.17) is 4.74 Å². The van der Waals surface area contributed by atoms with Crippen LogP contribution < -0.4 is 10.6 Å². The van der Waals surface area contributed by atoms with Crippen LogP contribution in [0.2, 0.25) is 0 Å². The Bertz CT molecular complexity index is 528. The number of carbonyl (C=O) groups excluding carboxylic acids is 3. The van der Waals surface area contributed by atoms with Crippen molar-refractivity contribution in [3.8, 4) is 0 Å². The van der Waals surface area contributed by atoms with Gasteiger partial charge in [0.05, 0.1) is 6.54 Å². The van der Waals surface area contributed by atoms with Crippen LogP contribution in [0.5, 0.6) is 0 Å². The van der Waals surface area contributed by atoms with Gasteiger partial charge in [-0.2, -0.15) is 0 Å². The maximum absolute atomic E-state index is 12.6. The van der Waals surface area contributed by atoms with Gasteiger partial charge in [-0.25, -0.2) is 4.79 Å². The number of alkyl carbamates (subject to hydrolysis) is 1. The number of hydrogen-bond donors (Lipinski definition) is 2. The molecule has 1 atom stereocenters. The zero-order valence-electron chi connectivity index (χ0n) is 18.0. The molecule has 0 aromatic carbocycles. The molecule has 0 bridgehead atoms. The van der Waals surface area contributed by atoms with Crippen molar-refractivity contribution in [3.63, 3.8) is 0 Å². The molecule has 0 spiro atoms. The molecule has 0 aliphatic heterocycles. The number of amides is 3. The Hall–Kier alpha value is -1.79. The highest BCUT2D eigenvalue weighted by Gasteiger charge is 2.34. The monoisotopic (exact) mass is 383 g/mol. The summed E-state index contributed by atoms with van der Waals surface area (Å²) < 4.78 is 5.25. The van der Waals surface area contributed by atoms with Crippen molar-refractivity contribution in [1.29, 1.82) is 0 Å². The second-order valence-electron chi connectivity index (χ2n) is 9.46. The van der Waals surface area contributed by atoms with Crippen molar-refractivity contribution in [2.45, 2.75) is 91.3 Å². The van der Waals surface area contributed by atoms with Crippen LogP contribution in [-0.2, 0) is 14.3 Å². The lowest BCUT2D eigenvalue weighted by atomic mass is 9.86. The SMILES string of the molecule is CN(C(=O)CNC(=O)[C@@H](NC(=O)OC(C)(C)C)C(C)(C)C)C1CCCCC1. The van der Waals surface area contributed by atoms with Crippen LogP contribution in [0, 0.1) is 5.41 Å². The zero-order valence-corrected chi connectivity index (χ0v) is 18.0. The second-order valence-corrected chi connectivity index (χ2v) is 9.46. The molecule has 1 saturated carbocycles. The Kier molecular flexibility index (Phi) is 8.11. The molecule has 0 radical (unpaired) electrons. The molecule has 1 aliphatic carbocycles. The molecular formula is C20H37N3O4. The summed E-state index contributed by atoms with van der Waals surface area (Å²) in [5.41, 5.74) is -1.18. The first-order valence-electron chi connectivity index (χ1n) is 9.84. The van der Waals surface area contributed by atoms with E-state index in [1.54, 1.807) is 32.7 Å². The fourth-order valence-electron chi connectivity index (χ4n) is 3.16. The first kappa shape index (κ1) is 23.2. The summed E-state index contributed by atoms with van der Waals surface area (Å²) in [7, 11) is 1.80. The third-order valence-corrected chi connectivity index (χ3v) is 4.72. The van der Waals surface area contributed by atoms with Gasteiger partial charge >= 0.3 is 6.09 Å². The molecule has 7 nitrogen and oxygen atoms in total. The van der Waals surface area contributed by atoms with Gasteiger partial charge in [-0.05, 0) is 39.0 Å². The van der Waals surface area contributed by atoms with Gasteiger partial charge in [-0.1, -0.05) is 40.0 Å². The van der Waals surface area contributed by atoms with Crippen molar-refractivity contribution in [1.82, 2.24) is 15.5 Å². The maximum Gasteiger partial charge on any atom is 0.408 e. The number of hydrogen-bond acceptors (Lipinski definition) is 4. The van der Waals surface area contributed by atoms with Gasteiger partial charge in [0.15, 0.2) is 0 Å². The van der Waals surface area contributed by atoms with Gasteiger partial charge in [-0.15, -0.1) is 0 Å². The van der Waals surface area contributed by atoms with Crippen molar-refractivity contribution in [2.75, 3.05) is 13.6 Å². The Morgan fingerprint density at radius 1 is 1.04 bits per heavy atom. The highest BCUT2D eigenvalue weighted by molar-refractivity contribution is 5.90. The summed E-state index contributed by atoms with van der Waals surface area (Å²) in [5, 5.41) is 5.31. The molecule has 0 unspecified atom stereocenters. The minimum absolute atomic E-state index is 0.0750. The van der Waals surface area contributed by atoms with E-state index < -0.39 is 29.1 Å². The number of rotatable bonds is 5. The molecule has 1 fully saturated rings. The van der Waals surface area contributed by atoms with Gasteiger partial charge in [0.2, 0.25) is 11.8 Å². The van der Waals surface area contributed by atoms with Crippen molar-refractivity contribution in [2.24, 2.45) is 5.41 Å². The standard InChI is InChI=1S/C20H37N3O4/c1-19(2,3)16(22-18(26)27-20(4,5)6)17(25)21-13-15(24)23(7)14-11-9-8-10-12-14/h14,16H,8-13H2,1-7H3,(H,21,25)(H,22,26)/t16-/m1/s1. The molecule has 0 aromatic heterocycles. The van der Waals surface area contributed by atoms with E-state index in [0.29, 0.717) is 0 Å². The molecule has 7 heteroatoms. The summed E-state index contributed by atoms with van der Waals surface area (Å²) >= 11 is 0. The largest absolute Gasteiger partial charge is 0.444 e. The van der Waals surface area contributed by atoms with Crippen LogP contribution in [0.4, 0.5) is 4.79 Å². The van der Waals surface area contributed by atoms with Gasteiger partial charge in [0, 0.05) is 13.1 Å². The summed E-state index contributed by atoms with van der Waals surface area (Å²) in [5.74, 6) is -0.501. The molecule has 156 valence electrons. The fourth-order valence-corrected chi connectivity index (χ4v) is 3.16. The van der Waals surface area contributed by atoms with E-state index in [1.807, 2.05) is 20.8 Å². The fraction of sp³-hybridized carbons (Fsp3) is 0.850. The molecule has 2 N–H and O–H groups in total. The molecular weight excluding hydrogens is 346 g/mol. The summed E-state index contributed by atoms with van der Waals surface area (Å²) in [6.45, 7) is 10.8. The van der Waals surface area contributed by atoms with Gasteiger partial charge < -0.3 is 20.3 Å². The number of nitrogens with one attached hydrogen (secondary N) is 2. The molecule has 1 rings (SSSR count). The molecule has 0 saturated heterocycles. The van der Waals surface area contributed by atoms with Crippen LogP contribution in [0.1, 0.15) is 73.6 Å². The Labute approximate surface area is 163 Å². The predicted molar refractivity (Wildman–Crippen MR) is 105 cm³/mol. The molecule has 3 amide bonds. The third kappa shape index (κ3) is 8.18. The van der Waals surface area contributed by atoms with Crippen molar-refractivity contribution < 1.29 is 19.1 Å². The van der Waals surface area contributed by atoms with Crippen LogP contribution in [-0.4, -0.2) is 54.1 Å². The number of nitrogens with zero attached hydrogens (tertiary/aromatic N) is 1. The van der Waals surface area contributed by atoms with E-state index in [9.17, 15) is 14.4 Å². The number of ether oxygens (including phenoxy) is 1. The quantitative estimate of drug-likeness (QED) is 0.764. The summed E-state index contributed by atoms with van der Waals surface area (Å²) in [6.07, 6.45) is 4.88. The Morgan fingerprint density at radius 2 is 1.59 bits per heavy atom. The van der Waals surface area contributed by atoms with E-state index >= 15 is 0 Å². The first-order chi connectivity index (χ1) is 12.3. The summed E-state index contributed by atoms with van der Waals surface area (Å²) in [4.78, 5) is 38.9. The molecule has 0 aromatic rings. The minimum atomic E-state index is -0.805. The van der Waals surface area contributed by atoms with E-state index in [-0.39, 0.29) is 18.5 Å². The number of carbonyl (C=O) groups is 3. The minimum Gasteiger partial charge on any atom is -0.444 e. The third-order valence-electron chi connectivity index (χ3n) is 4.72. The smallest absolute Gasteiger partial charge is 0.408 e. The summed E-state index contributed by atoms with van der Waals surface area (Å²) in [6, 6.07) is -0.554. The lowest BCUT2D eigenvalue weighted by molar-refractivity contribution is -0.135. The normalized spacial score (nSPS) is 17.0. The molecule has 0 heterocycles. The Morgan fingerprint density at radius 3 is 2.07 bits per heavy atom. The van der Waals surface area contributed by atoms with Gasteiger partial charge in [0.25, 0.3) is 0 Å². The second kappa shape index (κ2) is 9.42. The Balaban J connectivity index is 2.63. The van der Waals surface area contributed by atoms with Crippen molar-refractivity contribution >= 4 is 17.9 Å². The molecule has 27 heavy (non-hydrogen) atoms. The topological polar surface area (TPSA) is 87.7 Å². The van der Waals surface area contributed by atoms with E-state index in [1.165, 1.54) is 6.42 Å². The van der Waals surface area contributed by atoms with Gasteiger partial charge in [-0.3, -0.25) is 9.59 Å². The average molecular weight is 384 g/mol. The number of likely N-dealkylation sites (N-methyl/N-ethyl adjacent to an activating group) is 1. The van der Waals surface area contributed by atoms with Crippen LogP contribution in [0.3, 0.4) is 0 Å². The van der Waals surface area contributed by atoms with Crippen molar-refractivity contribution in [3.05, 3.63) is 0 Å². The van der Waals surface area contributed by atoms with Crippen LogP contribution in [0.15, 0.2) is 0 Å². The first-order valence-corrected chi connectivity index (χ1v) is 9.84. The highest BCUT2D eigenvalue weighted by Crippen LogP contribution is 2.22. The van der Waals surface area contributed by atoms with Crippen LogP contribution >= 0.6 is 0 Å². The van der Waals surface area contributed by atoms with Crippen LogP contribution in [0.25, 0.3) is 0 Å². The lowest BCUT2D eigenvalue weighted by Gasteiger charge is -2.33. The maximum atomic E-state index is 12.6. The zero-order chi connectivity index (χ0) is 20.8.